The Kier molecular flexibility index (Phi) is 2.99. The fourth-order valence-electron chi connectivity index (χ4n) is 1.75. The summed E-state index contributed by atoms with van der Waals surface area (Å²) in [4.78, 5) is 4.10. The molecule has 5 heteroatoms. The highest BCUT2D eigenvalue weighted by molar-refractivity contribution is 5.76. The van der Waals surface area contributed by atoms with Crippen LogP contribution in [0.15, 0.2) is 24.7 Å². The molecule has 0 aliphatic rings. The lowest BCUT2D eigenvalue weighted by Crippen LogP contribution is -2.06. The number of aromatic nitrogens is 3. The van der Waals surface area contributed by atoms with E-state index < -0.39 is 0 Å². The van der Waals surface area contributed by atoms with Crippen LogP contribution in [0.4, 0.5) is 5.69 Å². The highest BCUT2D eigenvalue weighted by Gasteiger charge is 2.17. The molecule has 0 amide bonds. The molecule has 0 spiro atoms. The van der Waals surface area contributed by atoms with Crippen LogP contribution >= 0.6 is 0 Å². The summed E-state index contributed by atoms with van der Waals surface area (Å²) in [5, 5.41) is 4.31. The Morgan fingerprint density at radius 3 is 2.71 bits per heavy atom. The normalized spacial score (nSPS) is 10.8. The minimum absolute atomic E-state index is 0.230. The zero-order valence-electron chi connectivity index (χ0n) is 10.2. The van der Waals surface area contributed by atoms with Gasteiger partial charge in [0.15, 0.2) is 5.75 Å². The molecule has 2 N–H and O–H groups in total. The first-order valence-electron chi connectivity index (χ1n) is 5.46. The van der Waals surface area contributed by atoms with E-state index in [1.54, 1.807) is 31.8 Å². The quantitative estimate of drug-likeness (QED) is 0.880. The molecular formula is C12H16N4O. The van der Waals surface area contributed by atoms with Crippen LogP contribution in [-0.2, 0) is 0 Å². The van der Waals surface area contributed by atoms with E-state index in [0.29, 0.717) is 11.4 Å². The van der Waals surface area contributed by atoms with Gasteiger partial charge in [-0.3, -0.25) is 9.67 Å². The predicted octanol–water partition coefficient (Wildman–Crippen LogP) is 2.12. The molecule has 90 valence electrons. The number of nitrogen functional groups attached to an aromatic ring is 1. The number of pyridine rings is 1. The average Bonchev–Trinajstić information content (AvgIpc) is 2.73. The van der Waals surface area contributed by atoms with E-state index in [-0.39, 0.29) is 6.04 Å². The smallest absolute Gasteiger partial charge is 0.164 e. The molecule has 0 unspecified atom stereocenters. The topological polar surface area (TPSA) is 66.0 Å². The third-order valence-electron chi connectivity index (χ3n) is 2.58. The SMILES string of the molecule is COc1cnn(C(C)C)c1-c1cnccc1N. The van der Waals surface area contributed by atoms with Crippen LogP contribution in [0.5, 0.6) is 5.75 Å². The summed E-state index contributed by atoms with van der Waals surface area (Å²) in [7, 11) is 1.62. The molecule has 2 aromatic heterocycles. The van der Waals surface area contributed by atoms with Crippen molar-refractivity contribution in [2.75, 3.05) is 12.8 Å². The van der Waals surface area contributed by atoms with Crippen molar-refractivity contribution in [3.8, 4) is 17.0 Å². The van der Waals surface area contributed by atoms with Gasteiger partial charge in [-0.05, 0) is 19.9 Å². The Morgan fingerprint density at radius 1 is 1.35 bits per heavy atom. The average molecular weight is 232 g/mol. The van der Waals surface area contributed by atoms with Crippen LogP contribution in [0, 0.1) is 0 Å². The predicted molar refractivity (Wildman–Crippen MR) is 66.8 cm³/mol. The fourth-order valence-corrected chi connectivity index (χ4v) is 1.75. The number of hydrogen-bond donors (Lipinski definition) is 1. The molecule has 2 rings (SSSR count). The van der Waals surface area contributed by atoms with Gasteiger partial charge in [0.05, 0.1) is 13.3 Å². The first-order chi connectivity index (χ1) is 8.15. The zero-order valence-corrected chi connectivity index (χ0v) is 10.2. The molecule has 2 aromatic rings. The lowest BCUT2D eigenvalue weighted by Gasteiger charge is -2.13. The summed E-state index contributed by atoms with van der Waals surface area (Å²) >= 11 is 0. The Balaban J connectivity index is 2.64. The van der Waals surface area contributed by atoms with Gasteiger partial charge >= 0.3 is 0 Å². The third-order valence-corrected chi connectivity index (χ3v) is 2.58. The summed E-state index contributed by atoms with van der Waals surface area (Å²) in [6.45, 7) is 4.12. The molecule has 5 nitrogen and oxygen atoms in total. The van der Waals surface area contributed by atoms with Crippen molar-refractivity contribution in [3.63, 3.8) is 0 Å². The molecule has 17 heavy (non-hydrogen) atoms. The van der Waals surface area contributed by atoms with Gasteiger partial charge in [-0.1, -0.05) is 0 Å². The first kappa shape index (κ1) is 11.4. The highest BCUT2D eigenvalue weighted by atomic mass is 16.5. The van der Waals surface area contributed by atoms with Gasteiger partial charge in [-0.2, -0.15) is 5.10 Å². The molecule has 0 aliphatic carbocycles. The van der Waals surface area contributed by atoms with E-state index in [1.807, 2.05) is 4.68 Å². The number of nitrogens with two attached hydrogens (primary N) is 1. The highest BCUT2D eigenvalue weighted by Crippen LogP contribution is 2.34. The Morgan fingerprint density at radius 2 is 2.12 bits per heavy atom. The molecule has 0 bridgehead atoms. The van der Waals surface area contributed by atoms with Crippen LogP contribution in [-0.4, -0.2) is 21.9 Å². The molecule has 0 aliphatic heterocycles. The Hall–Kier alpha value is -2.04. The number of rotatable bonds is 3. The molecule has 0 aromatic carbocycles. The minimum atomic E-state index is 0.230. The summed E-state index contributed by atoms with van der Waals surface area (Å²) in [5.41, 5.74) is 8.35. The van der Waals surface area contributed by atoms with E-state index in [1.165, 1.54) is 0 Å². The summed E-state index contributed by atoms with van der Waals surface area (Å²) in [6, 6.07) is 2.00. The Bertz CT molecular complexity index is 519. The van der Waals surface area contributed by atoms with Crippen LogP contribution in [0.1, 0.15) is 19.9 Å². The minimum Gasteiger partial charge on any atom is -0.493 e. The second-order valence-corrected chi connectivity index (χ2v) is 4.06. The van der Waals surface area contributed by atoms with E-state index in [2.05, 4.69) is 23.9 Å². The molecule has 0 saturated carbocycles. The van der Waals surface area contributed by atoms with Crippen molar-refractivity contribution in [1.29, 1.82) is 0 Å². The lowest BCUT2D eigenvalue weighted by molar-refractivity contribution is 0.415. The molecule has 0 atom stereocenters. The summed E-state index contributed by atoms with van der Waals surface area (Å²) in [6.07, 6.45) is 5.09. The van der Waals surface area contributed by atoms with Gasteiger partial charge in [0.25, 0.3) is 0 Å². The number of methoxy groups -OCH3 is 1. The van der Waals surface area contributed by atoms with E-state index >= 15 is 0 Å². The van der Waals surface area contributed by atoms with Gasteiger partial charge in [0, 0.05) is 29.7 Å². The standard InChI is InChI=1S/C12H16N4O/c1-8(2)16-12(11(17-3)7-15-16)9-6-14-5-4-10(9)13/h4-8H,1-3H3,(H2,13,14). The van der Waals surface area contributed by atoms with Crippen molar-refractivity contribution < 1.29 is 4.74 Å². The lowest BCUT2D eigenvalue weighted by atomic mass is 10.1. The number of anilines is 1. The molecule has 0 radical (unpaired) electrons. The monoisotopic (exact) mass is 232 g/mol. The van der Waals surface area contributed by atoms with Crippen molar-refractivity contribution in [2.45, 2.75) is 19.9 Å². The van der Waals surface area contributed by atoms with Gasteiger partial charge in [-0.15, -0.1) is 0 Å². The Labute approximate surface area is 100 Å². The van der Waals surface area contributed by atoms with Crippen LogP contribution in [0.2, 0.25) is 0 Å². The second kappa shape index (κ2) is 4.45. The van der Waals surface area contributed by atoms with E-state index in [9.17, 15) is 0 Å². The first-order valence-corrected chi connectivity index (χ1v) is 5.46. The third kappa shape index (κ3) is 1.95. The van der Waals surface area contributed by atoms with E-state index in [4.69, 9.17) is 10.5 Å². The fraction of sp³-hybridized carbons (Fsp3) is 0.333. The largest absolute Gasteiger partial charge is 0.493 e. The van der Waals surface area contributed by atoms with Gasteiger partial charge in [0.1, 0.15) is 5.69 Å². The maximum absolute atomic E-state index is 5.97. The van der Waals surface area contributed by atoms with Crippen LogP contribution in [0.3, 0.4) is 0 Å². The summed E-state index contributed by atoms with van der Waals surface area (Å²) in [5.74, 6) is 0.707. The van der Waals surface area contributed by atoms with Gasteiger partial charge < -0.3 is 10.5 Å². The van der Waals surface area contributed by atoms with Gasteiger partial charge in [0.2, 0.25) is 0 Å². The van der Waals surface area contributed by atoms with Crippen LogP contribution < -0.4 is 10.5 Å². The summed E-state index contributed by atoms with van der Waals surface area (Å²) < 4.78 is 7.20. The zero-order chi connectivity index (χ0) is 12.4. The number of nitrogens with zero attached hydrogens (tertiary/aromatic N) is 3. The van der Waals surface area contributed by atoms with Crippen molar-refractivity contribution in [1.82, 2.24) is 14.8 Å². The molecule has 0 saturated heterocycles. The van der Waals surface area contributed by atoms with Crippen molar-refractivity contribution in [2.24, 2.45) is 0 Å². The van der Waals surface area contributed by atoms with Gasteiger partial charge in [-0.25, -0.2) is 0 Å². The van der Waals surface area contributed by atoms with Crippen molar-refractivity contribution >= 4 is 5.69 Å². The second-order valence-electron chi connectivity index (χ2n) is 4.06. The molecular weight excluding hydrogens is 216 g/mol. The van der Waals surface area contributed by atoms with Crippen molar-refractivity contribution in [3.05, 3.63) is 24.7 Å². The molecule has 2 heterocycles. The maximum Gasteiger partial charge on any atom is 0.164 e. The van der Waals surface area contributed by atoms with E-state index in [0.717, 1.165) is 11.3 Å². The molecule has 0 fully saturated rings. The number of ether oxygens (including phenoxy) is 1. The maximum atomic E-state index is 5.97. The number of hydrogen-bond acceptors (Lipinski definition) is 4. The van der Waals surface area contributed by atoms with Crippen LogP contribution in [0.25, 0.3) is 11.3 Å².